The number of anilines is 4. The summed E-state index contributed by atoms with van der Waals surface area (Å²) in [6, 6.07) is 36.2. The van der Waals surface area contributed by atoms with Crippen LogP contribution in [0.2, 0.25) is 0 Å². The Morgan fingerprint density at radius 2 is 0.635 bits per heavy atom. The molecule has 6 rings (SSSR count). The van der Waals surface area contributed by atoms with Crippen LogP contribution in [0.15, 0.2) is 97.1 Å². The molecular formula is C59H81AuN3-2. The van der Waals surface area contributed by atoms with Gasteiger partial charge < -0.3 is 15.1 Å². The molecule has 0 fully saturated rings. The second-order valence-electron chi connectivity index (χ2n) is 23.2. The molecule has 345 valence electrons. The number of fused-ring (bicyclic) bond motifs is 1. The molecule has 1 radical (unpaired) electrons. The van der Waals surface area contributed by atoms with Crippen LogP contribution in [-0.2, 0) is 44.0 Å². The molecule has 0 saturated heterocycles. The van der Waals surface area contributed by atoms with E-state index in [0.29, 0.717) is 23.7 Å². The third-order valence-electron chi connectivity index (χ3n) is 12.4. The molecule has 5 aromatic rings. The van der Waals surface area contributed by atoms with Crippen molar-refractivity contribution in [2.75, 3.05) is 9.80 Å². The van der Waals surface area contributed by atoms with Crippen LogP contribution in [0.4, 0.5) is 34.1 Å². The molecule has 3 nitrogen and oxygen atoms in total. The van der Waals surface area contributed by atoms with Gasteiger partial charge in [-0.05, 0) is 102 Å². The molecule has 0 atom stereocenters. The van der Waals surface area contributed by atoms with Crippen molar-refractivity contribution in [3.8, 4) is 0 Å². The molecule has 1 heterocycles. The predicted molar refractivity (Wildman–Crippen MR) is 275 cm³/mol. The second-order valence-corrected chi connectivity index (χ2v) is 23.2. The summed E-state index contributed by atoms with van der Waals surface area (Å²) in [6.45, 7) is 48.0. The standard InChI is InChI=1S/C31H39N2.C28H42N.Au/c1-20(2)24-13-11-14-25(21(3)4)30(24)32-19-33(29-18-10-9-17-28(29)32)31-26(22(5)6)15-12-16-27(31)23(7)8;1-25(2,3)19-13-20(26(4,5)6)16-23(15-19)29-24-17-21(27(7,8)9)14-22(18-24)28(10,11)12;/h9-23H,1-8H3;13-18H,1-12H3;/q2*-1;. The molecule has 0 amide bonds. The predicted octanol–water partition coefficient (Wildman–Crippen LogP) is 18.8. The fourth-order valence-electron chi connectivity index (χ4n) is 8.28. The van der Waals surface area contributed by atoms with E-state index in [9.17, 15) is 0 Å². The van der Waals surface area contributed by atoms with E-state index in [4.69, 9.17) is 5.32 Å². The van der Waals surface area contributed by atoms with Gasteiger partial charge in [-0.1, -0.05) is 223 Å². The molecule has 1 aliphatic heterocycles. The van der Waals surface area contributed by atoms with Crippen molar-refractivity contribution in [1.82, 2.24) is 0 Å². The van der Waals surface area contributed by atoms with Gasteiger partial charge in [0.25, 0.3) is 0 Å². The first-order valence-corrected chi connectivity index (χ1v) is 23.4. The molecule has 0 unspecified atom stereocenters. The van der Waals surface area contributed by atoms with Crippen molar-refractivity contribution in [3.63, 3.8) is 0 Å². The molecule has 4 heteroatoms. The summed E-state index contributed by atoms with van der Waals surface area (Å²) < 4.78 is 0. The zero-order chi connectivity index (χ0) is 46.3. The van der Waals surface area contributed by atoms with Crippen molar-refractivity contribution in [2.45, 2.75) is 184 Å². The Balaban J connectivity index is 0.000000275. The van der Waals surface area contributed by atoms with Crippen LogP contribution in [0.5, 0.6) is 0 Å². The minimum atomic E-state index is 0. The van der Waals surface area contributed by atoms with Crippen molar-refractivity contribution >= 4 is 34.1 Å². The quantitative estimate of drug-likeness (QED) is 0.114. The Bertz CT molecular complexity index is 2040. The first-order valence-electron chi connectivity index (χ1n) is 23.4. The minimum absolute atomic E-state index is 0. The maximum atomic E-state index is 5.14. The Kier molecular flexibility index (Phi) is 16.3. The van der Waals surface area contributed by atoms with Crippen molar-refractivity contribution in [3.05, 3.63) is 154 Å². The van der Waals surface area contributed by atoms with Crippen LogP contribution in [0.3, 0.4) is 0 Å². The van der Waals surface area contributed by atoms with E-state index in [0.717, 1.165) is 11.4 Å². The fourth-order valence-corrected chi connectivity index (χ4v) is 8.28. The van der Waals surface area contributed by atoms with Gasteiger partial charge in [0.2, 0.25) is 0 Å². The summed E-state index contributed by atoms with van der Waals surface area (Å²) in [5.41, 5.74) is 18.6. The molecule has 0 spiro atoms. The van der Waals surface area contributed by atoms with E-state index < -0.39 is 0 Å². The number of hydrogen-bond acceptors (Lipinski definition) is 2. The second kappa shape index (κ2) is 19.8. The average molecular weight is 1030 g/mol. The minimum Gasteiger partial charge on any atom is -0.658 e. The zero-order valence-electron chi connectivity index (χ0n) is 42.8. The molecule has 1 aliphatic rings. The van der Waals surface area contributed by atoms with Gasteiger partial charge in [0.15, 0.2) is 0 Å². The van der Waals surface area contributed by atoms with E-state index in [1.165, 1.54) is 67.3 Å². The molecule has 0 aromatic heterocycles. The van der Waals surface area contributed by atoms with E-state index in [-0.39, 0.29) is 44.0 Å². The van der Waals surface area contributed by atoms with Gasteiger partial charge in [-0.25, -0.2) is 0 Å². The maximum Gasteiger partial charge on any atom is 0.0345 e. The first-order chi connectivity index (χ1) is 28.6. The van der Waals surface area contributed by atoms with Crippen molar-refractivity contribution in [2.24, 2.45) is 0 Å². The van der Waals surface area contributed by atoms with E-state index in [2.05, 4.69) is 252 Å². The largest absolute Gasteiger partial charge is 0.658 e. The van der Waals surface area contributed by atoms with Crippen LogP contribution in [0.25, 0.3) is 5.32 Å². The molecular weight excluding hydrogens is 948 g/mol. The van der Waals surface area contributed by atoms with E-state index in [1.54, 1.807) is 0 Å². The maximum absolute atomic E-state index is 5.14. The van der Waals surface area contributed by atoms with E-state index in [1.807, 2.05) is 0 Å². The molecule has 0 bridgehead atoms. The normalized spacial score (nSPS) is 13.4. The first kappa shape index (κ1) is 51.9. The Labute approximate surface area is 401 Å². The Hall–Kier alpha value is -3.76. The SMILES string of the molecule is CC(C)(C)c1cc([N-]c2cc(C(C)(C)C)cc(C(C)(C)C)c2)cc(C(C)(C)C)c1.CC(C)c1cccc(C(C)C)c1N1[CH-]N(c2c(C(C)C)cccc2C(C)C)c2ccccc21.[Au]. The van der Waals surface area contributed by atoms with Gasteiger partial charge in [0, 0.05) is 45.1 Å². The smallest absolute Gasteiger partial charge is 0.0345 e. The average Bonchev–Trinajstić information content (AvgIpc) is 3.55. The summed E-state index contributed by atoms with van der Waals surface area (Å²) >= 11 is 0. The van der Waals surface area contributed by atoms with Crippen LogP contribution in [0, 0.1) is 6.67 Å². The van der Waals surface area contributed by atoms with Crippen LogP contribution in [-0.4, -0.2) is 0 Å². The van der Waals surface area contributed by atoms with Gasteiger partial charge in [-0.2, -0.15) is 0 Å². The third kappa shape index (κ3) is 12.1. The topological polar surface area (TPSA) is 20.6 Å². The summed E-state index contributed by atoms with van der Waals surface area (Å²) in [7, 11) is 0. The van der Waals surface area contributed by atoms with E-state index >= 15 is 0 Å². The molecule has 63 heavy (non-hydrogen) atoms. The van der Waals surface area contributed by atoms with Gasteiger partial charge >= 0.3 is 0 Å². The summed E-state index contributed by atoms with van der Waals surface area (Å²) in [5.74, 6) is 1.79. The van der Waals surface area contributed by atoms with Gasteiger partial charge in [0.1, 0.15) is 0 Å². The fraction of sp³-hybridized carbons (Fsp3) is 0.475. The van der Waals surface area contributed by atoms with Gasteiger partial charge in [-0.15, -0.1) is 18.0 Å². The van der Waals surface area contributed by atoms with Crippen LogP contribution >= 0.6 is 0 Å². The zero-order valence-corrected chi connectivity index (χ0v) is 44.9. The molecule has 0 N–H and O–H groups in total. The van der Waals surface area contributed by atoms with Crippen LogP contribution < -0.4 is 9.80 Å². The van der Waals surface area contributed by atoms with Gasteiger partial charge in [-0.3, -0.25) is 0 Å². The summed E-state index contributed by atoms with van der Waals surface area (Å²) in [6.07, 6.45) is 0. The number of nitrogens with zero attached hydrogens (tertiary/aromatic N) is 3. The third-order valence-corrected chi connectivity index (χ3v) is 12.4. The van der Waals surface area contributed by atoms with Crippen molar-refractivity contribution in [1.29, 1.82) is 0 Å². The van der Waals surface area contributed by atoms with Crippen LogP contribution in [0.1, 0.15) is 207 Å². The number of rotatable bonds is 8. The Morgan fingerprint density at radius 3 is 0.857 bits per heavy atom. The number of benzene rings is 5. The van der Waals surface area contributed by atoms with Crippen molar-refractivity contribution < 1.29 is 22.4 Å². The molecule has 0 aliphatic carbocycles. The summed E-state index contributed by atoms with van der Waals surface area (Å²) in [5, 5.41) is 5.14. The molecule has 0 saturated carbocycles. The number of para-hydroxylation sites is 4. The number of hydrogen-bond donors (Lipinski definition) is 0. The molecule has 5 aromatic carbocycles. The Morgan fingerprint density at radius 1 is 0.381 bits per heavy atom. The summed E-state index contributed by atoms with van der Waals surface area (Å²) in [4.78, 5) is 4.89. The monoisotopic (exact) mass is 1030 g/mol. The van der Waals surface area contributed by atoms with Gasteiger partial charge in [0.05, 0.1) is 0 Å².